The lowest BCUT2D eigenvalue weighted by atomic mass is 10.1. The first-order valence-corrected chi connectivity index (χ1v) is 8.24. The molecule has 0 saturated heterocycles. The smallest absolute Gasteiger partial charge is 0.286 e. The molecular weight excluding hydrogens is 284 g/mol. The normalized spacial score (nSPS) is 15.8. The van der Waals surface area contributed by atoms with Crippen molar-refractivity contribution in [1.29, 1.82) is 0 Å². The Kier molecular flexibility index (Phi) is 3.51. The van der Waals surface area contributed by atoms with Crippen molar-refractivity contribution >= 4 is 21.5 Å². The number of fused-ring (bicyclic) bond motifs is 1. The molecular formula is C16H16N2O2S. The molecule has 0 saturated carbocycles. The highest BCUT2D eigenvalue weighted by atomic mass is 32.2. The van der Waals surface area contributed by atoms with E-state index in [1.165, 1.54) is 0 Å². The Bertz CT molecular complexity index is 796. The molecule has 1 aliphatic rings. The second-order valence-corrected chi connectivity index (χ2v) is 6.70. The summed E-state index contributed by atoms with van der Waals surface area (Å²) in [4.78, 5) is 0.247. The van der Waals surface area contributed by atoms with Gasteiger partial charge in [-0.2, -0.15) is 8.42 Å². The Morgan fingerprint density at radius 1 is 1.05 bits per heavy atom. The van der Waals surface area contributed by atoms with Crippen molar-refractivity contribution in [3.63, 3.8) is 0 Å². The summed E-state index contributed by atoms with van der Waals surface area (Å²) in [5.41, 5.74) is 2.79. The van der Waals surface area contributed by atoms with Crippen molar-refractivity contribution in [3.05, 3.63) is 59.7 Å². The molecule has 0 fully saturated rings. The third-order valence-corrected chi connectivity index (χ3v) is 4.79. The summed E-state index contributed by atoms with van der Waals surface area (Å²) in [7, 11) is -3.59. The monoisotopic (exact) mass is 300 g/mol. The van der Waals surface area contributed by atoms with E-state index < -0.39 is 10.0 Å². The van der Waals surface area contributed by atoms with E-state index in [9.17, 15) is 8.42 Å². The Morgan fingerprint density at radius 2 is 1.81 bits per heavy atom. The number of anilines is 1. The molecule has 108 valence electrons. The Morgan fingerprint density at radius 3 is 2.57 bits per heavy atom. The summed E-state index contributed by atoms with van der Waals surface area (Å²) in [5.74, 6) is 0.497. The van der Waals surface area contributed by atoms with Crippen molar-refractivity contribution in [1.82, 2.24) is 0 Å². The minimum absolute atomic E-state index is 0.247. The van der Waals surface area contributed by atoms with Gasteiger partial charge >= 0.3 is 0 Å². The lowest BCUT2D eigenvalue weighted by Crippen LogP contribution is -2.22. The van der Waals surface area contributed by atoms with Gasteiger partial charge in [0, 0.05) is 6.42 Å². The molecule has 1 aliphatic heterocycles. The Labute approximate surface area is 124 Å². The summed E-state index contributed by atoms with van der Waals surface area (Å²) < 4.78 is 28.2. The molecule has 2 aromatic rings. The lowest BCUT2D eigenvalue weighted by Gasteiger charge is -2.18. The van der Waals surface area contributed by atoms with Gasteiger partial charge in [0.25, 0.3) is 10.0 Å². The first-order chi connectivity index (χ1) is 10.0. The van der Waals surface area contributed by atoms with Gasteiger partial charge in [-0.3, -0.25) is 0 Å². The van der Waals surface area contributed by atoms with E-state index in [0.29, 0.717) is 17.9 Å². The van der Waals surface area contributed by atoms with Crippen LogP contribution in [0.4, 0.5) is 5.69 Å². The van der Waals surface area contributed by atoms with Crippen molar-refractivity contribution in [3.8, 4) is 0 Å². The quantitative estimate of drug-likeness (QED) is 0.947. The molecule has 0 aromatic heterocycles. The van der Waals surface area contributed by atoms with Crippen LogP contribution in [-0.4, -0.2) is 14.3 Å². The van der Waals surface area contributed by atoms with Gasteiger partial charge in [-0.05, 0) is 36.6 Å². The predicted molar refractivity (Wildman–Crippen MR) is 84.2 cm³/mol. The molecule has 1 N–H and O–H groups in total. The zero-order valence-electron chi connectivity index (χ0n) is 11.7. The maximum Gasteiger partial charge on any atom is 0.286 e. The van der Waals surface area contributed by atoms with E-state index in [4.69, 9.17) is 0 Å². The van der Waals surface area contributed by atoms with Crippen LogP contribution in [0.15, 0.2) is 57.8 Å². The van der Waals surface area contributed by atoms with Crippen LogP contribution in [0.3, 0.4) is 0 Å². The van der Waals surface area contributed by atoms with Gasteiger partial charge < -0.3 is 5.32 Å². The number of rotatable bonds is 3. The Balaban J connectivity index is 1.84. The highest BCUT2D eigenvalue weighted by Gasteiger charge is 2.24. The minimum atomic E-state index is -3.59. The fourth-order valence-corrected chi connectivity index (χ4v) is 3.51. The molecule has 3 rings (SSSR count). The molecule has 2 aromatic carbocycles. The van der Waals surface area contributed by atoms with Crippen LogP contribution in [0.1, 0.15) is 17.5 Å². The number of hydrogen-bond acceptors (Lipinski definition) is 3. The van der Waals surface area contributed by atoms with E-state index in [1.807, 2.05) is 43.3 Å². The molecule has 1 heterocycles. The highest BCUT2D eigenvalue weighted by Crippen LogP contribution is 2.28. The van der Waals surface area contributed by atoms with Gasteiger partial charge in [0.15, 0.2) is 0 Å². The number of aryl methyl sites for hydroxylation is 2. The number of amidine groups is 1. The minimum Gasteiger partial charge on any atom is -0.342 e. The van der Waals surface area contributed by atoms with E-state index in [2.05, 4.69) is 9.71 Å². The van der Waals surface area contributed by atoms with Crippen molar-refractivity contribution in [2.75, 3.05) is 5.32 Å². The summed E-state index contributed by atoms with van der Waals surface area (Å²) in [6, 6.07) is 15.2. The summed E-state index contributed by atoms with van der Waals surface area (Å²) in [6.07, 6.45) is 1.32. The topological polar surface area (TPSA) is 58.5 Å². The third-order valence-electron chi connectivity index (χ3n) is 3.42. The fraction of sp³-hybridized carbons (Fsp3) is 0.188. The van der Waals surface area contributed by atoms with Crippen molar-refractivity contribution < 1.29 is 8.42 Å². The van der Waals surface area contributed by atoms with Crippen LogP contribution >= 0.6 is 0 Å². The zero-order valence-corrected chi connectivity index (χ0v) is 12.5. The van der Waals surface area contributed by atoms with Crippen molar-refractivity contribution in [2.45, 2.75) is 24.7 Å². The van der Waals surface area contributed by atoms with E-state index in [-0.39, 0.29) is 4.90 Å². The molecule has 0 radical (unpaired) electrons. The van der Waals surface area contributed by atoms with Crippen LogP contribution in [0.2, 0.25) is 0 Å². The molecule has 0 aliphatic carbocycles. The number of nitrogens with zero attached hydrogens (tertiary/aromatic N) is 1. The van der Waals surface area contributed by atoms with E-state index in [0.717, 1.165) is 17.5 Å². The second-order valence-electron chi connectivity index (χ2n) is 5.12. The average molecular weight is 300 g/mol. The van der Waals surface area contributed by atoms with Gasteiger partial charge in [0.2, 0.25) is 0 Å². The average Bonchev–Trinajstić information content (AvgIpc) is 2.45. The third kappa shape index (κ3) is 2.97. The lowest BCUT2D eigenvalue weighted by molar-refractivity contribution is 0.597. The van der Waals surface area contributed by atoms with Crippen LogP contribution in [0.25, 0.3) is 0 Å². The molecule has 0 unspecified atom stereocenters. The molecule has 21 heavy (non-hydrogen) atoms. The maximum atomic E-state index is 12.2. The summed E-state index contributed by atoms with van der Waals surface area (Å²) in [6.45, 7) is 1.93. The van der Waals surface area contributed by atoms with Gasteiger partial charge in [0.05, 0.1) is 5.69 Å². The summed E-state index contributed by atoms with van der Waals surface area (Å²) in [5, 5.41) is 3.13. The number of sulfonamides is 1. The fourth-order valence-electron chi connectivity index (χ4n) is 2.35. The van der Waals surface area contributed by atoms with Gasteiger partial charge in [-0.25, -0.2) is 0 Å². The number of nitrogens with one attached hydrogen (secondary N) is 1. The predicted octanol–water partition coefficient (Wildman–Crippen LogP) is 3.14. The number of benzene rings is 2. The molecule has 0 amide bonds. The first-order valence-electron chi connectivity index (χ1n) is 6.80. The molecule has 0 bridgehead atoms. The van der Waals surface area contributed by atoms with Gasteiger partial charge in [-0.1, -0.05) is 36.4 Å². The van der Waals surface area contributed by atoms with Crippen LogP contribution in [-0.2, 0) is 16.4 Å². The van der Waals surface area contributed by atoms with Crippen LogP contribution < -0.4 is 5.32 Å². The van der Waals surface area contributed by atoms with E-state index in [1.54, 1.807) is 12.1 Å². The number of hydrogen-bond donors (Lipinski definition) is 1. The summed E-state index contributed by atoms with van der Waals surface area (Å²) >= 11 is 0. The standard InChI is InChI=1S/C16H16N2O2S/c1-12-7-9-15-14(11-12)17-16(18-21(15,19)20)10-8-13-5-3-2-4-6-13/h2-7,9,11H,8,10H2,1H3,(H,17,18). The second kappa shape index (κ2) is 5.33. The SMILES string of the molecule is Cc1ccc2c(c1)NC(CCc1ccccc1)=NS2(=O)=O. The Hall–Kier alpha value is -2.14. The molecule has 0 atom stereocenters. The highest BCUT2D eigenvalue weighted by molar-refractivity contribution is 7.90. The molecule has 4 nitrogen and oxygen atoms in total. The maximum absolute atomic E-state index is 12.2. The van der Waals surface area contributed by atoms with Crippen LogP contribution in [0, 0.1) is 6.92 Å². The van der Waals surface area contributed by atoms with E-state index >= 15 is 0 Å². The van der Waals surface area contributed by atoms with Gasteiger partial charge in [0.1, 0.15) is 10.7 Å². The molecule has 5 heteroatoms. The first kappa shape index (κ1) is 13.8. The van der Waals surface area contributed by atoms with Crippen molar-refractivity contribution in [2.24, 2.45) is 4.40 Å². The zero-order chi connectivity index (χ0) is 14.9. The molecule has 0 spiro atoms. The van der Waals surface area contributed by atoms with Crippen LogP contribution in [0.5, 0.6) is 0 Å². The van der Waals surface area contributed by atoms with Gasteiger partial charge in [-0.15, -0.1) is 4.40 Å². The largest absolute Gasteiger partial charge is 0.342 e.